The van der Waals surface area contributed by atoms with Crippen LogP contribution in [-0.2, 0) is 17.6 Å². The second-order valence-electron chi connectivity index (χ2n) is 4.41. The minimum atomic E-state index is -0.788. The smallest absolute Gasteiger partial charge is 0.303 e. The first-order chi connectivity index (χ1) is 8.52. The highest BCUT2D eigenvalue weighted by atomic mass is 16.4. The zero-order valence-electron chi connectivity index (χ0n) is 10.9. The van der Waals surface area contributed by atoms with Gasteiger partial charge < -0.3 is 5.11 Å². The van der Waals surface area contributed by atoms with Gasteiger partial charge in [-0.05, 0) is 32.3 Å². The lowest BCUT2D eigenvalue weighted by Crippen LogP contribution is -2.07. The fraction of sp³-hybridized carbons (Fsp3) is 0.462. The highest BCUT2D eigenvalue weighted by Gasteiger charge is 2.12. The molecule has 18 heavy (non-hydrogen) atoms. The summed E-state index contributed by atoms with van der Waals surface area (Å²) in [6.07, 6.45) is 1.49. The van der Waals surface area contributed by atoms with Crippen molar-refractivity contribution >= 4 is 11.6 Å². The van der Waals surface area contributed by atoms with Gasteiger partial charge in [0.15, 0.2) is 5.65 Å². The van der Waals surface area contributed by atoms with Crippen molar-refractivity contribution in [1.82, 2.24) is 14.6 Å². The third-order valence-electron chi connectivity index (χ3n) is 3.17. The van der Waals surface area contributed by atoms with E-state index < -0.39 is 5.97 Å². The van der Waals surface area contributed by atoms with Gasteiger partial charge in [-0.25, -0.2) is 9.50 Å². The van der Waals surface area contributed by atoms with Crippen LogP contribution in [-0.4, -0.2) is 25.7 Å². The summed E-state index contributed by atoms with van der Waals surface area (Å²) < 4.78 is 1.81. The summed E-state index contributed by atoms with van der Waals surface area (Å²) >= 11 is 0. The maximum Gasteiger partial charge on any atom is 0.303 e. The van der Waals surface area contributed by atoms with Gasteiger partial charge in [0, 0.05) is 23.9 Å². The third kappa shape index (κ3) is 2.20. The van der Waals surface area contributed by atoms with Crippen molar-refractivity contribution in [3.63, 3.8) is 0 Å². The van der Waals surface area contributed by atoms with Crippen molar-refractivity contribution in [2.45, 2.75) is 40.0 Å². The SMILES string of the molecule is CCc1cc2nc(C)c(CCC(=O)O)c(C)n2n1. The molecular weight excluding hydrogens is 230 g/mol. The number of nitrogens with zero attached hydrogens (tertiary/aromatic N) is 3. The van der Waals surface area contributed by atoms with Crippen molar-refractivity contribution in [3.05, 3.63) is 28.7 Å². The van der Waals surface area contributed by atoms with Crippen LogP contribution < -0.4 is 0 Å². The maximum absolute atomic E-state index is 10.7. The molecule has 1 N–H and O–H groups in total. The molecule has 0 saturated carbocycles. The summed E-state index contributed by atoms with van der Waals surface area (Å²) in [4.78, 5) is 15.2. The van der Waals surface area contributed by atoms with E-state index >= 15 is 0 Å². The molecule has 0 saturated heterocycles. The fourth-order valence-electron chi connectivity index (χ4n) is 2.14. The Bertz CT molecular complexity index is 602. The highest BCUT2D eigenvalue weighted by Crippen LogP contribution is 2.17. The molecular formula is C13H17N3O2. The minimum absolute atomic E-state index is 0.122. The average molecular weight is 247 g/mol. The van der Waals surface area contributed by atoms with E-state index in [1.54, 1.807) is 0 Å². The molecule has 2 aromatic rings. The molecule has 0 bridgehead atoms. The van der Waals surface area contributed by atoms with Crippen LogP contribution in [0.5, 0.6) is 0 Å². The summed E-state index contributed by atoms with van der Waals surface area (Å²) in [5, 5.41) is 13.2. The van der Waals surface area contributed by atoms with E-state index in [4.69, 9.17) is 5.11 Å². The zero-order valence-corrected chi connectivity index (χ0v) is 10.9. The second-order valence-corrected chi connectivity index (χ2v) is 4.41. The number of aryl methyl sites for hydroxylation is 3. The molecule has 5 heteroatoms. The normalized spacial score (nSPS) is 11.1. The molecule has 0 unspecified atom stereocenters. The monoisotopic (exact) mass is 247 g/mol. The predicted octanol–water partition coefficient (Wildman–Crippen LogP) is 1.93. The molecule has 0 aliphatic heterocycles. The van der Waals surface area contributed by atoms with Gasteiger partial charge in [-0.2, -0.15) is 5.10 Å². The Morgan fingerprint density at radius 3 is 2.78 bits per heavy atom. The van der Waals surface area contributed by atoms with Crippen LogP contribution in [0.15, 0.2) is 6.07 Å². The molecule has 2 aromatic heterocycles. The Balaban J connectivity index is 2.49. The fourth-order valence-corrected chi connectivity index (χ4v) is 2.14. The quantitative estimate of drug-likeness (QED) is 0.896. The number of carboxylic acids is 1. The van der Waals surface area contributed by atoms with Gasteiger partial charge in [0.25, 0.3) is 0 Å². The first-order valence-electron chi connectivity index (χ1n) is 6.09. The summed E-state index contributed by atoms with van der Waals surface area (Å²) in [5.41, 5.74) is 4.69. The largest absolute Gasteiger partial charge is 0.481 e. The summed E-state index contributed by atoms with van der Waals surface area (Å²) in [7, 11) is 0. The lowest BCUT2D eigenvalue weighted by Gasteiger charge is -2.09. The number of aromatic nitrogens is 3. The molecule has 2 rings (SSSR count). The summed E-state index contributed by atoms with van der Waals surface area (Å²) in [5.74, 6) is -0.788. The van der Waals surface area contributed by atoms with Crippen LogP contribution in [0.3, 0.4) is 0 Å². The van der Waals surface area contributed by atoms with Gasteiger partial charge >= 0.3 is 5.97 Å². The van der Waals surface area contributed by atoms with Crippen LogP contribution in [0.2, 0.25) is 0 Å². The van der Waals surface area contributed by atoms with Gasteiger partial charge in [0.1, 0.15) is 0 Å². The zero-order chi connectivity index (χ0) is 13.3. The average Bonchev–Trinajstić information content (AvgIpc) is 2.71. The van der Waals surface area contributed by atoms with Crippen molar-refractivity contribution in [3.8, 4) is 0 Å². The summed E-state index contributed by atoms with van der Waals surface area (Å²) in [6.45, 7) is 5.93. The Morgan fingerprint density at radius 2 is 2.17 bits per heavy atom. The van der Waals surface area contributed by atoms with Gasteiger partial charge in [-0.15, -0.1) is 0 Å². The molecule has 0 aliphatic carbocycles. The molecule has 0 spiro atoms. The van der Waals surface area contributed by atoms with E-state index in [1.165, 1.54) is 0 Å². The number of rotatable bonds is 4. The van der Waals surface area contributed by atoms with E-state index in [9.17, 15) is 4.79 Å². The summed E-state index contributed by atoms with van der Waals surface area (Å²) in [6, 6.07) is 1.97. The molecule has 0 aromatic carbocycles. The van der Waals surface area contributed by atoms with Crippen LogP contribution in [0, 0.1) is 13.8 Å². The first kappa shape index (κ1) is 12.5. The molecule has 5 nitrogen and oxygen atoms in total. The highest BCUT2D eigenvalue weighted by molar-refractivity contribution is 5.67. The molecule has 0 atom stereocenters. The number of hydrogen-bond donors (Lipinski definition) is 1. The van der Waals surface area contributed by atoms with Crippen molar-refractivity contribution in [2.24, 2.45) is 0 Å². The van der Waals surface area contributed by atoms with Gasteiger partial charge in [0.05, 0.1) is 5.69 Å². The van der Waals surface area contributed by atoms with Gasteiger partial charge in [-0.1, -0.05) is 6.92 Å². The first-order valence-corrected chi connectivity index (χ1v) is 6.09. The number of hydrogen-bond acceptors (Lipinski definition) is 3. The second kappa shape index (κ2) is 4.76. The van der Waals surface area contributed by atoms with E-state index in [0.29, 0.717) is 6.42 Å². The molecule has 2 heterocycles. The third-order valence-corrected chi connectivity index (χ3v) is 3.17. The number of carboxylic acid groups (broad SMARTS) is 1. The molecule has 0 aliphatic rings. The molecule has 96 valence electrons. The van der Waals surface area contributed by atoms with Crippen LogP contribution in [0.25, 0.3) is 5.65 Å². The minimum Gasteiger partial charge on any atom is -0.481 e. The van der Waals surface area contributed by atoms with Crippen LogP contribution in [0.4, 0.5) is 0 Å². The number of fused-ring (bicyclic) bond motifs is 1. The molecule has 0 radical (unpaired) electrons. The van der Waals surface area contributed by atoms with E-state index in [2.05, 4.69) is 17.0 Å². The topological polar surface area (TPSA) is 67.5 Å². The van der Waals surface area contributed by atoms with E-state index in [1.807, 2.05) is 24.4 Å². The predicted molar refractivity (Wildman–Crippen MR) is 67.8 cm³/mol. The number of aliphatic carboxylic acids is 1. The van der Waals surface area contributed by atoms with E-state index in [0.717, 1.165) is 34.7 Å². The Kier molecular flexibility index (Phi) is 3.32. The lowest BCUT2D eigenvalue weighted by molar-refractivity contribution is -0.136. The Labute approximate surface area is 105 Å². The Morgan fingerprint density at radius 1 is 1.44 bits per heavy atom. The van der Waals surface area contributed by atoms with Gasteiger partial charge in [-0.3, -0.25) is 4.79 Å². The number of carbonyl (C=O) groups is 1. The van der Waals surface area contributed by atoms with Gasteiger partial charge in [0.2, 0.25) is 0 Å². The molecule has 0 amide bonds. The van der Waals surface area contributed by atoms with Crippen molar-refractivity contribution in [1.29, 1.82) is 0 Å². The molecule has 0 fully saturated rings. The maximum atomic E-state index is 10.7. The Hall–Kier alpha value is -1.91. The standard InChI is InChI=1S/C13H17N3O2/c1-4-10-7-12-14-8(2)11(5-6-13(17)18)9(3)16(12)15-10/h7H,4-6H2,1-3H3,(H,17,18). The lowest BCUT2D eigenvalue weighted by atomic mass is 10.1. The van der Waals surface area contributed by atoms with Crippen LogP contribution in [0.1, 0.15) is 36.0 Å². The van der Waals surface area contributed by atoms with E-state index in [-0.39, 0.29) is 6.42 Å². The van der Waals surface area contributed by atoms with Crippen molar-refractivity contribution in [2.75, 3.05) is 0 Å². The van der Waals surface area contributed by atoms with Crippen molar-refractivity contribution < 1.29 is 9.90 Å². The van der Waals surface area contributed by atoms with Crippen LogP contribution >= 0.6 is 0 Å².